The third-order valence-corrected chi connectivity index (χ3v) is 3.66. The second-order valence-corrected chi connectivity index (χ2v) is 5.25. The van der Waals surface area contributed by atoms with E-state index >= 15 is 0 Å². The number of benzene rings is 1. The maximum atomic E-state index is 12.8. The van der Waals surface area contributed by atoms with Crippen LogP contribution in [0.4, 0.5) is 14.6 Å². The number of nitrogen functional groups attached to an aromatic ring is 1. The topological polar surface area (TPSA) is 88.0 Å². The van der Waals surface area contributed by atoms with E-state index in [2.05, 4.69) is 10.1 Å². The summed E-state index contributed by atoms with van der Waals surface area (Å²) in [5.41, 5.74) is 7.70. The highest BCUT2D eigenvalue weighted by Gasteiger charge is 2.20. The summed E-state index contributed by atoms with van der Waals surface area (Å²) in [5.74, 6) is -0.717. The highest BCUT2D eigenvalue weighted by atomic mass is 19.3. The number of para-hydroxylation sites is 1. The SMILES string of the molecule is Cc1ccccc1-n1ncc(C(=O)OCc2nccn2C(F)F)c1N. The fourth-order valence-electron chi connectivity index (χ4n) is 2.35. The van der Waals surface area contributed by atoms with Crippen LogP contribution in [0.2, 0.25) is 0 Å². The summed E-state index contributed by atoms with van der Waals surface area (Å²) in [4.78, 5) is 15.9. The van der Waals surface area contributed by atoms with E-state index in [-0.39, 0.29) is 17.2 Å². The molecule has 2 N–H and O–H groups in total. The fraction of sp³-hybridized carbons (Fsp3) is 0.188. The van der Waals surface area contributed by atoms with Gasteiger partial charge in [-0.25, -0.2) is 14.5 Å². The van der Waals surface area contributed by atoms with Gasteiger partial charge >= 0.3 is 12.5 Å². The Morgan fingerprint density at radius 2 is 2.12 bits per heavy atom. The molecule has 0 aliphatic rings. The Kier molecular flexibility index (Phi) is 4.46. The highest BCUT2D eigenvalue weighted by Crippen LogP contribution is 2.21. The van der Waals surface area contributed by atoms with E-state index in [1.54, 1.807) is 0 Å². The first-order chi connectivity index (χ1) is 12.0. The molecule has 0 atom stereocenters. The summed E-state index contributed by atoms with van der Waals surface area (Å²) in [6.45, 7) is -1.27. The number of carbonyl (C=O) groups excluding carboxylic acids is 1. The number of nitrogens with zero attached hydrogens (tertiary/aromatic N) is 4. The van der Waals surface area contributed by atoms with Crippen LogP contribution in [-0.2, 0) is 11.3 Å². The van der Waals surface area contributed by atoms with Crippen LogP contribution in [0.25, 0.3) is 5.69 Å². The van der Waals surface area contributed by atoms with Crippen molar-refractivity contribution in [1.29, 1.82) is 0 Å². The number of ether oxygens (including phenoxy) is 1. The Bertz CT molecular complexity index is 904. The van der Waals surface area contributed by atoms with Crippen molar-refractivity contribution in [3.63, 3.8) is 0 Å². The number of anilines is 1. The van der Waals surface area contributed by atoms with Crippen molar-refractivity contribution in [2.45, 2.75) is 20.1 Å². The van der Waals surface area contributed by atoms with Crippen molar-refractivity contribution >= 4 is 11.8 Å². The summed E-state index contributed by atoms with van der Waals surface area (Å²) in [7, 11) is 0. The number of imidazole rings is 1. The second kappa shape index (κ2) is 6.71. The van der Waals surface area contributed by atoms with Gasteiger partial charge in [0.15, 0.2) is 5.82 Å². The summed E-state index contributed by atoms with van der Waals surface area (Å²) in [6.07, 6.45) is 3.60. The Morgan fingerprint density at radius 1 is 1.36 bits per heavy atom. The van der Waals surface area contributed by atoms with E-state index in [0.717, 1.165) is 17.4 Å². The van der Waals surface area contributed by atoms with Crippen molar-refractivity contribution in [2.75, 3.05) is 5.73 Å². The van der Waals surface area contributed by atoms with Gasteiger partial charge in [-0.1, -0.05) is 18.2 Å². The normalized spacial score (nSPS) is 11.0. The van der Waals surface area contributed by atoms with Gasteiger partial charge in [0.05, 0.1) is 11.9 Å². The number of esters is 1. The Labute approximate surface area is 141 Å². The number of alkyl halides is 2. The molecule has 3 rings (SSSR count). The lowest BCUT2D eigenvalue weighted by atomic mass is 10.2. The lowest BCUT2D eigenvalue weighted by Crippen LogP contribution is -2.12. The van der Waals surface area contributed by atoms with Gasteiger partial charge < -0.3 is 10.5 Å². The van der Waals surface area contributed by atoms with Crippen molar-refractivity contribution < 1.29 is 18.3 Å². The molecule has 0 unspecified atom stereocenters. The molecule has 0 saturated heterocycles. The predicted octanol–water partition coefficient (Wildman–Crippen LogP) is 2.71. The quantitative estimate of drug-likeness (QED) is 0.717. The lowest BCUT2D eigenvalue weighted by Gasteiger charge is -2.09. The molecule has 0 spiro atoms. The maximum Gasteiger partial charge on any atom is 0.344 e. The molecular formula is C16H15F2N5O2. The highest BCUT2D eigenvalue weighted by molar-refractivity contribution is 5.94. The van der Waals surface area contributed by atoms with Gasteiger partial charge in [0, 0.05) is 12.4 Å². The molecule has 7 nitrogen and oxygen atoms in total. The van der Waals surface area contributed by atoms with E-state index in [1.165, 1.54) is 17.1 Å². The molecule has 0 bridgehead atoms. The predicted molar refractivity (Wildman–Crippen MR) is 85.3 cm³/mol. The molecule has 0 aliphatic heterocycles. The average Bonchev–Trinajstić information content (AvgIpc) is 3.20. The average molecular weight is 347 g/mol. The lowest BCUT2D eigenvalue weighted by molar-refractivity contribution is 0.0377. The van der Waals surface area contributed by atoms with Crippen molar-refractivity contribution in [3.8, 4) is 5.69 Å². The molecule has 0 fully saturated rings. The van der Waals surface area contributed by atoms with Gasteiger partial charge in [0.2, 0.25) is 0 Å². The van der Waals surface area contributed by atoms with Crippen LogP contribution in [0.3, 0.4) is 0 Å². The third kappa shape index (κ3) is 3.21. The van der Waals surface area contributed by atoms with Gasteiger partial charge in [0.25, 0.3) is 0 Å². The number of aromatic nitrogens is 4. The minimum atomic E-state index is -2.76. The van der Waals surface area contributed by atoms with Crippen LogP contribution in [0, 0.1) is 6.92 Å². The fourth-order valence-corrected chi connectivity index (χ4v) is 2.35. The summed E-state index contributed by atoms with van der Waals surface area (Å²) < 4.78 is 32.6. The van der Waals surface area contributed by atoms with Crippen LogP contribution in [0.1, 0.15) is 28.3 Å². The molecule has 9 heteroatoms. The first-order valence-corrected chi connectivity index (χ1v) is 7.35. The number of nitrogens with two attached hydrogens (primary N) is 1. The molecule has 25 heavy (non-hydrogen) atoms. The third-order valence-electron chi connectivity index (χ3n) is 3.66. The second-order valence-electron chi connectivity index (χ2n) is 5.25. The number of hydrogen-bond acceptors (Lipinski definition) is 5. The van der Waals surface area contributed by atoms with Crippen LogP contribution in [-0.4, -0.2) is 25.3 Å². The van der Waals surface area contributed by atoms with Gasteiger partial charge in [-0.05, 0) is 18.6 Å². The molecule has 0 radical (unpaired) electrons. The molecule has 130 valence electrons. The first kappa shape index (κ1) is 16.6. The van der Waals surface area contributed by atoms with Crippen LogP contribution in [0.5, 0.6) is 0 Å². The zero-order chi connectivity index (χ0) is 18.0. The zero-order valence-electron chi connectivity index (χ0n) is 13.3. The number of aryl methyl sites for hydroxylation is 1. The summed E-state index contributed by atoms with van der Waals surface area (Å²) in [6, 6.07) is 7.40. The van der Waals surface area contributed by atoms with Crippen molar-refractivity contribution in [2.24, 2.45) is 0 Å². The molecule has 1 aromatic carbocycles. The van der Waals surface area contributed by atoms with Crippen molar-refractivity contribution in [1.82, 2.24) is 19.3 Å². The largest absolute Gasteiger partial charge is 0.454 e. The molecule has 0 saturated carbocycles. The molecule has 2 aromatic heterocycles. The van der Waals surface area contributed by atoms with E-state index in [0.29, 0.717) is 4.57 Å². The molecular weight excluding hydrogens is 332 g/mol. The Hall–Kier alpha value is -3.23. The maximum absolute atomic E-state index is 12.8. The van der Waals surface area contributed by atoms with Crippen LogP contribution < -0.4 is 5.73 Å². The van der Waals surface area contributed by atoms with E-state index in [9.17, 15) is 13.6 Å². The molecule has 2 heterocycles. The number of hydrogen-bond donors (Lipinski definition) is 1. The van der Waals surface area contributed by atoms with E-state index in [4.69, 9.17) is 10.5 Å². The Morgan fingerprint density at radius 3 is 2.84 bits per heavy atom. The molecule has 0 aliphatic carbocycles. The summed E-state index contributed by atoms with van der Waals surface area (Å²) >= 11 is 0. The summed E-state index contributed by atoms with van der Waals surface area (Å²) in [5, 5.41) is 4.11. The standard InChI is InChI=1S/C16H15F2N5O2/c1-10-4-2-3-5-12(10)23-14(19)11(8-21-23)15(24)25-9-13-20-6-7-22(13)16(17)18/h2-8,16H,9,19H2,1H3. The van der Waals surface area contributed by atoms with Crippen LogP contribution in [0.15, 0.2) is 42.9 Å². The van der Waals surface area contributed by atoms with Gasteiger partial charge in [-0.15, -0.1) is 0 Å². The number of rotatable bonds is 5. The van der Waals surface area contributed by atoms with Gasteiger partial charge in [-0.3, -0.25) is 4.57 Å². The first-order valence-electron chi connectivity index (χ1n) is 7.35. The minimum absolute atomic E-state index is 0.0541. The van der Waals surface area contributed by atoms with Crippen LogP contribution >= 0.6 is 0 Å². The van der Waals surface area contributed by atoms with Gasteiger partial charge in [-0.2, -0.15) is 13.9 Å². The zero-order valence-corrected chi connectivity index (χ0v) is 13.3. The van der Waals surface area contributed by atoms with Gasteiger partial charge in [0.1, 0.15) is 18.0 Å². The molecule has 0 amide bonds. The minimum Gasteiger partial charge on any atom is -0.454 e. The smallest absolute Gasteiger partial charge is 0.344 e. The number of carbonyl (C=O) groups is 1. The van der Waals surface area contributed by atoms with E-state index in [1.807, 2.05) is 31.2 Å². The molecule has 3 aromatic rings. The monoisotopic (exact) mass is 347 g/mol. The van der Waals surface area contributed by atoms with Crippen molar-refractivity contribution in [3.05, 3.63) is 59.8 Å². The van der Waals surface area contributed by atoms with E-state index < -0.39 is 19.1 Å². The number of halogens is 2. The Balaban J connectivity index is 1.78.